The van der Waals surface area contributed by atoms with Crippen LogP contribution >= 0.6 is 11.8 Å². The molecule has 166 valence electrons. The van der Waals surface area contributed by atoms with E-state index in [4.69, 9.17) is 0 Å². The molecular weight excluding hydrogens is 426 g/mol. The first-order chi connectivity index (χ1) is 16.1. The van der Waals surface area contributed by atoms with Crippen LogP contribution in [0, 0.1) is 13.8 Å². The van der Waals surface area contributed by atoms with E-state index < -0.39 is 0 Å². The van der Waals surface area contributed by atoms with E-state index in [2.05, 4.69) is 89.9 Å². The second-order valence-corrected chi connectivity index (χ2v) is 9.29. The fourth-order valence-electron chi connectivity index (χ4n) is 4.55. The number of fused-ring (bicyclic) bond motifs is 3. The summed E-state index contributed by atoms with van der Waals surface area (Å²) in [5.74, 6) is 0. The second kappa shape index (κ2) is 8.83. The highest BCUT2D eigenvalue weighted by Crippen LogP contribution is 2.37. The third-order valence-electron chi connectivity index (χ3n) is 6.50. The van der Waals surface area contributed by atoms with Crippen molar-refractivity contribution in [1.82, 2.24) is 9.47 Å². The van der Waals surface area contributed by atoms with Crippen molar-refractivity contribution >= 4 is 23.5 Å². The fourth-order valence-corrected chi connectivity index (χ4v) is 4.96. The number of benzene rings is 3. The summed E-state index contributed by atoms with van der Waals surface area (Å²) in [6.07, 6.45) is 4.16. The molecule has 0 bridgehead atoms. The lowest BCUT2D eigenvalue weighted by molar-refractivity contribution is 0.194. The molecule has 0 radical (unpaired) electrons. The van der Waals surface area contributed by atoms with E-state index in [-0.39, 0.29) is 12.1 Å². The smallest absolute Gasteiger partial charge is 0.318 e. The van der Waals surface area contributed by atoms with Crippen molar-refractivity contribution in [3.63, 3.8) is 0 Å². The second-order valence-electron chi connectivity index (χ2n) is 8.41. The molecule has 0 fully saturated rings. The maximum atomic E-state index is 13.8. The van der Waals surface area contributed by atoms with Gasteiger partial charge in [-0.3, -0.25) is 0 Å². The fraction of sp³-hybridized carbons (Fsp3) is 0.179. The summed E-state index contributed by atoms with van der Waals surface area (Å²) >= 11 is 1.72. The van der Waals surface area contributed by atoms with Gasteiger partial charge in [0.1, 0.15) is 0 Å². The van der Waals surface area contributed by atoms with Gasteiger partial charge in [0.15, 0.2) is 0 Å². The molecule has 1 aliphatic heterocycles. The van der Waals surface area contributed by atoms with E-state index in [0.717, 1.165) is 39.3 Å². The van der Waals surface area contributed by atoms with Crippen LogP contribution in [0.15, 0.2) is 90.0 Å². The molecule has 2 heterocycles. The van der Waals surface area contributed by atoms with Crippen LogP contribution in [0.2, 0.25) is 0 Å². The van der Waals surface area contributed by atoms with Crippen molar-refractivity contribution < 1.29 is 4.79 Å². The minimum atomic E-state index is -0.214. The molecule has 1 N–H and O–H groups in total. The lowest BCUT2D eigenvalue weighted by atomic mass is 10.0. The Bertz CT molecular complexity index is 1310. The summed E-state index contributed by atoms with van der Waals surface area (Å²) in [6.45, 7) is 4.63. The van der Waals surface area contributed by atoms with Gasteiger partial charge < -0.3 is 14.8 Å². The number of thioether (sulfide) groups is 1. The number of nitrogens with one attached hydrogen (secondary N) is 1. The van der Waals surface area contributed by atoms with E-state index >= 15 is 0 Å². The van der Waals surface area contributed by atoms with Gasteiger partial charge in [0.2, 0.25) is 0 Å². The van der Waals surface area contributed by atoms with Crippen LogP contribution in [0.1, 0.15) is 34.0 Å². The minimum Gasteiger partial charge on any atom is -0.318 e. The Kier molecular flexibility index (Phi) is 5.73. The SMILES string of the molecule is CSc1ccc([C@H]2c3cccn3-c3ccccc3CN2C(=O)Nc2cccc(C)c2C)cc1. The van der Waals surface area contributed by atoms with Crippen molar-refractivity contribution in [3.05, 3.63) is 113 Å². The number of rotatable bonds is 3. The molecular formula is C28H27N3OS. The standard InChI is InChI=1S/C28H27N3OS/c1-19-8-6-10-24(20(19)2)29-28(32)31-18-22-9-4-5-11-25(22)30-17-7-12-26(30)27(31)21-13-15-23(33-3)16-14-21/h4-17,27H,18H2,1-3H3,(H,29,32)/t27-/m0/s1. The molecule has 1 aromatic heterocycles. The topological polar surface area (TPSA) is 37.3 Å². The lowest BCUT2D eigenvalue weighted by Gasteiger charge is -2.31. The Balaban J connectivity index is 1.63. The average molecular weight is 454 g/mol. The number of hydrogen-bond donors (Lipinski definition) is 1. The number of para-hydroxylation sites is 1. The minimum absolute atomic E-state index is 0.105. The Morgan fingerprint density at radius 2 is 1.73 bits per heavy atom. The molecule has 1 atom stereocenters. The van der Waals surface area contributed by atoms with Gasteiger partial charge in [-0.25, -0.2) is 4.79 Å². The first-order valence-corrected chi connectivity index (χ1v) is 12.3. The van der Waals surface area contributed by atoms with Gasteiger partial charge in [0.05, 0.1) is 18.3 Å². The normalized spacial score (nSPS) is 14.9. The Morgan fingerprint density at radius 1 is 0.939 bits per heavy atom. The van der Waals surface area contributed by atoms with E-state index in [1.807, 2.05) is 30.0 Å². The molecule has 5 rings (SSSR count). The number of nitrogens with zero attached hydrogens (tertiary/aromatic N) is 2. The molecule has 0 spiro atoms. The molecule has 4 nitrogen and oxygen atoms in total. The zero-order valence-electron chi connectivity index (χ0n) is 19.1. The third-order valence-corrected chi connectivity index (χ3v) is 7.25. The molecule has 5 heteroatoms. The van der Waals surface area contributed by atoms with Gasteiger partial charge in [-0.15, -0.1) is 11.8 Å². The highest BCUT2D eigenvalue weighted by atomic mass is 32.2. The summed E-state index contributed by atoms with van der Waals surface area (Å²) < 4.78 is 2.22. The van der Waals surface area contributed by atoms with Crippen LogP contribution in [-0.4, -0.2) is 21.8 Å². The molecule has 0 saturated heterocycles. The predicted molar refractivity (Wildman–Crippen MR) is 136 cm³/mol. The quantitative estimate of drug-likeness (QED) is 0.341. The van der Waals surface area contributed by atoms with Crippen LogP contribution in [0.5, 0.6) is 0 Å². The number of carbonyl (C=O) groups is 1. The maximum absolute atomic E-state index is 13.8. The molecule has 0 saturated carbocycles. The lowest BCUT2D eigenvalue weighted by Crippen LogP contribution is -2.38. The van der Waals surface area contributed by atoms with Crippen molar-refractivity contribution in [2.75, 3.05) is 11.6 Å². The van der Waals surface area contributed by atoms with E-state index in [1.54, 1.807) is 11.8 Å². The van der Waals surface area contributed by atoms with E-state index in [0.29, 0.717) is 6.54 Å². The Morgan fingerprint density at radius 3 is 2.52 bits per heavy atom. The summed E-state index contributed by atoms with van der Waals surface area (Å²) in [6, 6.07) is 26.7. The van der Waals surface area contributed by atoms with Crippen LogP contribution in [0.4, 0.5) is 10.5 Å². The van der Waals surface area contributed by atoms with Crippen molar-refractivity contribution in [2.45, 2.75) is 31.3 Å². The van der Waals surface area contributed by atoms with Crippen LogP contribution < -0.4 is 5.32 Å². The van der Waals surface area contributed by atoms with Gasteiger partial charge in [0.25, 0.3) is 0 Å². The number of amides is 2. The molecule has 0 aliphatic carbocycles. The number of aromatic nitrogens is 1. The van der Waals surface area contributed by atoms with Gasteiger partial charge in [-0.2, -0.15) is 0 Å². The number of urea groups is 1. The van der Waals surface area contributed by atoms with Crippen molar-refractivity contribution in [2.24, 2.45) is 0 Å². The number of hydrogen-bond acceptors (Lipinski definition) is 2. The molecule has 33 heavy (non-hydrogen) atoms. The summed E-state index contributed by atoms with van der Waals surface area (Å²) in [7, 11) is 0. The maximum Gasteiger partial charge on any atom is 0.322 e. The molecule has 1 aliphatic rings. The molecule has 3 aromatic carbocycles. The van der Waals surface area contributed by atoms with Crippen LogP contribution in [0.3, 0.4) is 0 Å². The average Bonchev–Trinajstić information content (AvgIpc) is 3.26. The van der Waals surface area contributed by atoms with E-state index in [1.165, 1.54) is 4.90 Å². The zero-order chi connectivity index (χ0) is 22.9. The van der Waals surface area contributed by atoms with Gasteiger partial charge >= 0.3 is 6.03 Å². The summed E-state index contributed by atoms with van der Waals surface area (Å²) in [5.41, 5.74) is 7.51. The largest absolute Gasteiger partial charge is 0.322 e. The van der Waals surface area contributed by atoms with Gasteiger partial charge in [-0.05, 0) is 78.8 Å². The zero-order valence-corrected chi connectivity index (χ0v) is 19.9. The van der Waals surface area contributed by atoms with Crippen LogP contribution in [-0.2, 0) is 6.54 Å². The third kappa shape index (κ3) is 3.93. The summed E-state index contributed by atoms with van der Waals surface area (Å²) in [5, 5.41) is 3.20. The van der Waals surface area contributed by atoms with Crippen molar-refractivity contribution in [3.8, 4) is 5.69 Å². The summed E-state index contributed by atoms with van der Waals surface area (Å²) in [4.78, 5) is 17.0. The Labute approximate surface area is 199 Å². The Hall–Kier alpha value is -3.44. The highest BCUT2D eigenvalue weighted by Gasteiger charge is 2.33. The first kappa shape index (κ1) is 21.4. The number of carbonyl (C=O) groups excluding carboxylic acids is 1. The molecule has 2 amide bonds. The molecule has 0 unspecified atom stereocenters. The highest BCUT2D eigenvalue weighted by molar-refractivity contribution is 7.98. The van der Waals surface area contributed by atoms with Gasteiger partial charge in [-0.1, -0.05) is 42.5 Å². The molecule has 4 aromatic rings. The first-order valence-electron chi connectivity index (χ1n) is 11.1. The van der Waals surface area contributed by atoms with Gasteiger partial charge in [0, 0.05) is 22.5 Å². The number of aryl methyl sites for hydroxylation is 1. The predicted octanol–water partition coefficient (Wildman–Crippen LogP) is 6.95. The van der Waals surface area contributed by atoms with Crippen LogP contribution in [0.25, 0.3) is 5.69 Å². The van der Waals surface area contributed by atoms with E-state index in [9.17, 15) is 4.79 Å². The number of anilines is 1. The van der Waals surface area contributed by atoms with Crippen molar-refractivity contribution in [1.29, 1.82) is 0 Å². The monoisotopic (exact) mass is 453 g/mol.